The van der Waals surface area contributed by atoms with E-state index in [9.17, 15) is 14.0 Å². The van der Waals surface area contributed by atoms with Gasteiger partial charge in [0.25, 0.3) is 5.91 Å². The number of hydrogen-bond donors (Lipinski definition) is 1. The van der Waals surface area contributed by atoms with E-state index in [1.807, 2.05) is 24.3 Å². The molecule has 0 radical (unpaired) electrons. The molecule has 1 aromatic heterocycles. The Labute approximate surface area is 170 Å². The molecule has 0 saturated carbocycles. The summed E-state index contributed by atoms with van der Waals surface area (Å²) in [5.41, 5.74) is 1.12. The van der Waals surface area contributed by atoms with E-state index in [2.05, 4.69) is 15.5 Å². The van der Waals surface area contributed by atoms with E-state index in [1.54, 1.807) is 12.0 Å². The van der Waals surface area contributed by atoms with Crippen LogP contribution >= 0.6 is 11.3 Å². The topological polar surface area (TPSA) is 84.4 Å². The van der Waals surface area contributed by atoms with Gasteiger partial charge in [-0.05, 0) is 48.5 Å². The molecule has 9 heteroatoms. The minimum atomic E-state index is -0.410. The van der Waals surface area contributed by atoms with Gasteiger partial charge in [-0.25, -0.2) is 4.39 Å². The van der Waals surface area contributed by atoms with E-state index >= 15 is 0 Å². The highest BCUT2D eigenvalue weighted by molar-refractivity contribution is 7.15. The van der Waals surface area contributed by atoms with Crippen LogP contribution in [0.15, 0.2) is 48.5 Å². The Balaban J connectivity index is 1.43. The van der Waals surface area contributed by atoms with Gasteiger partial charge < -0.3 is 9.64 Å². The van der Waals surface area contributed by atoms with Crippen molar-refractivity contribution in [3.8, 4) is 5.75 Å². The molecule has 1 aliphatic rings. The number of amides is 2. The molecule has 1 fully saturated rings. The number of nitrogens with one attached hydrogen (secondary N) is 1. The maximum atomic E-state index is 13.0. The molecule has 0 aliphatic carbocycles. The molecule has 4 rings (SSSR count). The van der Waals surface area contributed by atoms with Gasteiger partial charge in [0.05, 0.1) is 7.11 Å². The molecular formula is C20H17FN4O3S. The molecule has 1 atom stereocenters. The quantitative estimate of drug-likeness (QED) is 0.694. The minimum Gasteiger partial charge on any atom is -0.497 e. The number of aromatic nitrogens is 2. The van der Waals surface area contributed by atoms with Crippen molar-refractivity contribution in [1.82, 2.24) is 10.2 Å². The Hall–Kier alpha value is -3.33. The Morgan fingerprint density at radius 1 is 1.17 bits per heavy atom. The maximum absolute atomic E-state index is 13.0. The lowest BCUT2D eigenvalue weighted by Crippen LogP contribution is -2.24. The van der Waals surface area contributed by atoms with Gasteiger partial charge in [-0.15, -0.1) is 10.2 Å². The molecule has 7 nitrogen and oxygen atoms in total. The molecule has 1 aliphatic heterocycles. The van der Waals surface area contributed by atoms with Crippen LogP contribution in [0.25, 0.3) is 0 Å². The van der Waals surface area contributed by atoms with Gasteiger partial charge in [0.2, 0.25) is 11.0 Å². The molecule has 29 heavy (non-hydrogen) atoms. The summed E-state index contributed by atoms with van der Waals surface area (Å²) in [4.78, 5) is 26.4. The van der Waals surface area contributed by atoms with Crippen LogP contribution in [0.5, 0.6) is 5.75 Å². The van der Waals surface area contributed by atoms with Crippen molar-refractivity contribution in [3.63, 3.8) is 0 Å². The second-order valence-electron chi connectivity index (χ2n) is 6.51. The zero-order valence-corrected chi connectivity index (χ0v) is 16.3. The van der Waals surface area contributed by atoms with Crippen LogP contribution in [0.4, 0.5) is 15.2 Å². The van der Waals surface area contributed by atoms with Crippen molar-refractivity contribution in [2.75, 3.05) is 23.9 Å². The van der Waals surface area contributed by atoms with Crippen LogP contribution in [0.3, 0.4) is 0 Å². The van der Waals surface area contributed by atoms with Gasteiger partial charge >= 0.3 is 0 Å². The van der Waals surface area contributed by atoms with Crippen molar-refractivity contribution < 1.29 is 18.7 Å². The van der Waals surface area contributed by atoms with E-state index in [0.29, 0.717) is 28.7 Å². The number of nitrogens with zero attached hydrogens (tertiary/aromatic N) is 3. The third kappa shape index (κ3) is 4.09. The number of carbonyl (C=O) groups excluding carboxylic acids is 2. The maximum Gasteiger partial charge on any atom is 0.257 e. The van der Waals surface area contributed by atoms with Gasteiger partial charge in [-0.1, -0.05) is 11.3 Å². The molecule has 148 valence electrons. The largest absolute Gasteiger partial charge is 0.497 e. The van der Waals surface area contributed by atoms with Gasteiger partial charge in [0.1, 0.15) is 16.6 Å². The van der Waals surface area contributed by atoms with Crippen molar-refractivity contribution in [1.29, 1.82) is 0 Å². The molecule has 1 saturated heterocycles. The smallest absolute Gasteiger partial charge is 0.257 e. The van der Waals surface area contributed by atoms with E-state index in [1.165, 1.54) is 35.6 Å². The van der Waals surface area contributed by atoms with Gasteiger partial charge in [0.15, 0.2) is 0 Å². The molecule has 3 aromatic rings. The van der Waals surface area contributed by atoms with Gasteiger partial charge in [0, 0.05) is 30.1 Å². The van der Waals surface area contributed by atoms with Crippen LogP contribution in [-0.4, -0.2) is 35.7 Å². The molecule has 1 N–H and O–H groups in total. The van der Waals surface area contributed by atoms with Crippen LogP contribution in [0.1, 0.15) is 27.7 Å². The summed E-state index contributed by atoms with van der Waals surface area (Å²) in [6, 6.07) is 12.5. The number of hydrogen-bond acceptors (Lipinski definition) is 6. The third-order valence-corrected chi connectivity index (χ3v) is 5.63. The number of rotatable bonds is 5. The average Bonchev–Trinajstić information content (AvgIpc) is 3.35. The lowest BCUT2D eigenvalue weighted by molar-refractivity contribution is -0.117. The molecule has 2 amide bonds. The number of ether oxygens (including phenoxy) is 1. The molecule has 2 heterocycles. The number of halogens is 1. The van der Waals surface area contributed by atoms with Gasteiger partial charge in [-0.2, -0.15) is 0 Å². The molecule has 1 unspecified atom stereocenters. The Morgan fingerprint density at radius 2 is 1.90 bits per heavy atom. The molecular weight excluding hydrogens is 395 g/mol. The zero-order valence-electron chi connectivity index (χ0n) is 15.5. The highest BCUT2D eigenvalue weighted by Gasteiger charge is 2.34. The van der Waals surface area contributed by atoms with Crippen molar-refractivity contribution in [2.45, 2.75) is 12.3 Å². The predicted molar refractivity (Wildman–Crippen MR) is 107 cm³/mol. The van der Waals surface area contributed by atoms with Crippen LogP contribution in [0.2, 0.25) is 0 Å². The summed E-state index contributed by atoms with van der Waals surface area (Å²) in [6.45, 7) is 0.492. The fourth-order valence-corrected chi connectivity index (χ4v) is 3.93. The fraction of sp³-hybridized carbons (Fsp3) is 0.200. The lowest BCUT2D eigenvalue weighted by Gasteiger charge is -2.16. The molecule has 0 bridgehead atoms. The zero-order chi connectivity index (χ0) is 20.4. The van der Waals surface area contributed by atoms with Crippen molar-refractivity contribution in [2.24, 2.45) is 0 Å². The first kappa shape index (κ1) is 19.0. The summed E-state index contributed by atoms with van der Waals surface area (Å²) >= 11 is 1.23. The summed E-state index contributed by atoms with van der Waals surface area (Å²) in [6.07, 6.45) is 0.326. The van der Waals surface area contributed by atoms with Crippen LogP contribution in [-0.2, 0) is 4.79 Å². The summed E-state index contributed by atoms with van der Waals surface area (Å²) < 4.78 is 18.1. The Bertz CT molecular complexity index is 1040. The van der Waals surface area contributed by atoms with E-state index in [0.717, 1.165) is 11.4 Å². The lowest BCUT2D eigenvalue weighted by atomic mass is 10.1. The van der Waals surface area contributed by atoms with Crippen LogP contribution in [0, 0.1) is 5.82 Å². The first-order chi connectivity index (χ1) is 14.0. The second-order valence-corrected chi connectivity index (χ2v) is 7.52. The summed E-state index contributed by atoms with van der Waals surface area (Å²) in [5.74, 6) is -0.171. The predicted octanol–water partition coefficient (Wildman–Crippen LogP) is 3.46. The Morgan fingerprint density at radius 3 is 2.59 bits per heavy atom. The highest BCUT2D eigenvalue weighted by atomic mass is 32.1. The standard InChI is InChI=1S/C20H17FN4O3S/c1-28-16-8-6-15(7-9-16)25-11-13(10-17(25)26)19-23-24-20(29-19)22-18(27)12-2-4-14(21)5-3-12/h2-9,13H,10-11H2,1H3,(H,22,24,27). The SMILES string of the molecule is COc1ccc(N2CC(c3nnc(NC(=O)c4ccc(F)cc4)s3)CC2=O)cc1. The van der Waals surface area contributed by atoms with E-state index in [4.69, 9.17) is 4.74 Å². The molecule has 2 aromatic carbocycles. The highest BCUT2D eigenvalue weighted by Crippen LogP contribution is 2.34. The second kappa shape index (κ2) is 7.96. The number of anilines is 2. The summed E-state index contributed by atoms with van der Waals surface area (Å²) in [5, 5.41) is 11.8. The van der Waals surface area contributed by atoms with E-state index < -0.39 is 11.7 Å². The molecule has 0 spiro atoms. The van der Waals surface area contributed by atoms with Gasteiger partial charge in [-0.3, -0.25) is 14.9 Å². The van der Waals surface area contributed by atoms with Crippen LogP contribution < -0.4 is 15.0 Å². The monoisotopic (exact) mass is 412 g/mol. The first-order valence-corrected chi connectivity index (χ1v) is 9.70. The number of benzene rings is 2. The Kier molecular flexibility index (Phi) is 5.22. The first-order valence-electron chi connectivity index (χ1n) is 8.88. The normalized spacial score (nSPS) is 16.1. The van der Waals surface area contributed by atoms with E-state index in [-0.39, 0.29) is 11.8 Å². The summed E-state index contributed by atoms with van der Waals surface area (Å²) in [7, 11) is 1.59. The fourth-order valence-electron chi connectivity index (χ4n) is 3.11. The van der Waals surface area contributed by atoms with Crippen molar-refractivity contribution >= 4 is 34.0 Å². The number of carbonyl (C=O) groups is 2. The van der Waals surface area contributed by atoms with Crippen molar-refractivity contribution in [3.05, 3.63) is 64.9 Å². The number of methoxy groups -OCH3 is 1. The third-order valence-electron chi connectivity index (χ3n) is 4.63. The average molecular weight is 412 g/mol. The minimum absolute atomic E-state index is 0.00673.